The number of nitrogens with zero attached hydrogens (tertiary/aromatic N) is 3. The molecule has 1 aromatic heterocycles. The van der Waals surface area contributed by atoms with Gasteiger partial charge < -0.3 is 10.0 Å². The van der Waals surface area contributed by atoms with E-state index in [4.69, 9.17) is 5.11 Å². The van der Waals surface area contributed by atoms with E-state index < -0.39 is 11.9 Å². The van der Waals surface area contributed by atoms with Gasteiger partial charge in [0, 0.05) is 19.8 Å². The Balaban J connectivity index is 2.65. The lowest BCUT2D eigenvalue weighted by Gasteiger charge is -2.18. The average molecular weight is 223 g/mol. The molecule has 6 nitrogen and oxygen atoms in total. The molecule has 1 unspecified atom stereocenters. The Morgan fingerprint density at radius 3 is 2.75 bits per heavy atom. The lowest BCUT2D eigenvalue weighted by atomic mass is 10.1. The van der Waals surface area contributed by atoms with Crippen LogP contribution < -0.4 is 0 Å². The molecule has 0 aliphatic heterocycles. The molecule has 1 rings (SSSR count). The molecule has 1 heterocycles. The first-order valence-corrected chi connectivity index (χ1v) is 4.78. The summed E-state index contributed by atoms with van der Waals surface area (Å²) in [6.45, 7) is 1.69. The second-order valence-electron chi connectivity index (χ2n) is 3.53. The summed E-state index contributed by atoms with van der Waals surface area (Å²) in [7, 11) is 1.54. The lowest BCUT2D eigenvalue weighted by molar-refractivity contribution is -0.141. The highest BCUT2D eigenvalue weighted by Gasteiger charge is 2.19. The Bertz CT molecular complexity index is 380. The largest absolute Gasteiger partial charge is 0.481 e. The Labute approximate surface area is 92.9 Å². The third kappa shape index (κ3) is 3.01. The van der Waals surface area contributed by atoms with Gasteiger partial charge in [0.25, 0.3) is 5.91 Å². The van der Waals surface area contributed by atoms with E-state index in [1.165, 1.54) is 24.2 Å². The number of hydrogen-bond donors (Lipinski definition) is 1. The van der Waals surface area contributed by atoms with Crippen LogP contribution >= 0.6 is 0 Å². The van der Waals surface area contributed by atoms with E-state index in [9.17, 15) is 9.59 Å². The molecule has 0 saturated carbocycles. The van der Waals surface area contributed by atoms with Crippen molar-refractivity contribution in [3.63, 3.8) is 0 Å². The minimum absolute atomic E-state index is 0.144. The standard InChI is InChI=1S/C10H13N3O3/c1-7(10(15)16)6-13(2)9(14)8-4-3-5-11-12-8/h3-5,7H,6H2,1-2H3,(H,15,16). The van der Waals surface area contributed by atoms with Crippen molar-refractivity contribution < 1.29 is 14.7 Å². The highest BCUT2D eigenvalue weighted by molar-refractivity contribution is 5.92. The molecule has 6 heteroatoms. The average Bonchev–Trinajstić information content (AvgIpc) is 2.28. The molecular formula is C10H13N3O3. The summed E-state index contributed by atoms with van der Waals surface area (Å²) in [6.07, 6.45) is 1.47. The first kappa shape index (κ1) is 12.1. The van der Waals surface area contributed by atoms with Gasteiger partial charge in [0.1, 0.15) is 0 Å². The van der Waals surface area contributed by atoms with Crippen LogP contribution in [0.5, 0.6) is 0 Å². The molecule has 0 spiro atoms. The van der Waals surface area contributed by atoms with E-state index in [1.807, 2.05) is 0 Å². The van der Waals surface area contributed by atoms with Crippen molar-refractivity contribution in [2.24, 2.45) is 5.92 Å². The van der Waals surface area contributed by atoms with Gasteiger partial charge in [-0.15, -0.1) is 5.10 Å². The highest BCUT2D eigenvalue weighted by atomic mass is 16.4. The number of hydrogen-bond acceptors (Lipinski definition) is 4. The maximum Gasteiger partial charge on any atom is 0.308 e. The minimum atomic E-state index is -0.932. The maximum absolute atomic E-state index is 11.7. The molecular weight excluding hydrogens is 210 g/mol. The summed E-state index contributed by atoms with van der Waals surface area (Å²) in [6, 6.07) is 3.14. The number of rotatable bonds is 4. The summed E-state index contributed by atoms with van der Waals surface area (Å²) in [5.74, 6) is -1.87. The van der Waals surface area contributed by atoms with Crippen molar-refractivity contribution in [2.45, 2.75) is 6.92 Å². The molecule has 1 amide bonds. The Hall–Kier alpha value is -1.98. The van der Waals surface area contributed by atoms with Crippen LogP contribution in [0.2, 0.25) is 0 Å². The Morgan fingerprint density at radius 2 is 2.25 bits per heavy atom. The molecule has 1 aromatic rings. The zero-order valence-corrected chi connectivity index (χ0v) is 9.12. The van der Waals surface area contributed by atoms with E-state index >= 15 is 0 Å². The van der Waals surface area contributed by atoms with Crippen LogP contribution in [0.3, 0.4) is 0 Å². The molecule has 0 bridgehead atoms. The quantitative estimate of drug-likeness (QED) is 0.792. The number of carboxylic acid groups (broad SMARTS) is 1. The molecule has 0 aliphatic carbocycles. The van der Waals surface area contributed by atoms with Gasteiger partial charge in [0.2, 0.25) is 0 Å². The minimum Gasteiger partial charge on any atom is -0.481 e. The fraction of sp³-hybridized carbons (Fsp3) is 0.400. The zero-order chi connectivity index (χ0) is 12.1. The predicted molar refractivity (Wildman–Crippen MR) is 55.8 cm³/mol. The van der Waals surface area contributed by atoms with Gasteiger partial charge in [-0.25, -0.2) is 0 Å². The first-order chi connectivity index (χ1) is 7.52. The molecule has 0 aliphatic rings. The van der Waals surface area contributed by atoms with Crippen LogP contribution in [-0.2, 0) is 4.79 Å². The van der Waals surface area contributed by atoms with E-state index in [0.29, 0.717) is 0 Å². The van der Waals surface area contributed by atoms with Crippen molar-refractivity contribution >= 4 is 11.9 Å². The second-order valence-corrected chi connectivity index (χ2v) is 3.53. The number of carbonyl (C=O) groups excluding carboxylic acids is 1. The van der Waals surface area contributed by atoms with Gasteiger partial charge >= 0.3 is 5.97 Å². The molecule has 1 atom stereocenters. The van der Waals surface area contributed by atoms with Crippen molar-refractivity contribution in [2.75, 3.05) is 13.6 Å². The molecule has 16 heavy (non-hydrogen) atoms. The second kappa shape index (κ2) is 5.20. The van der Waals surface area contributed by atoms with Gasteiger partial charge in [-0.1, -0.05) is 6.92 Å². The number of aliphatic carboxylic acids is 1. The van der Waals surface area contributed by atoms with E-state index in [1.54, 1.807) is 13.0 Å². The normalized spacial score (nSPS) is 11.9. The van der Waals surface area contributed by atoms with Crippen LogP contribution in [0.4, 0.5) is 0 Å². The maximum atomic E-state index is 11.7. The summed E-state index contributed by atoms with van der Waals surface area (Å²) in [4.78, 5) is 23.7. The van der Waals surface area contributed by atoms with Gasteiger partial charge in [-0.05, 0) is 12.1 Å². The molecule has 0 radical (unpaired) electrons. The van der Waals surface area contributed by atoms with Crippen molar-refractivity contribution in [3.8, 4) is 0 Å². The first-order valence-electron chi connectivity index (χ1n) is 4.78. The van der Waals surface area contributed by atoms with Crippen molar-refractivity contribution in [3.05, 3.63) is 24.0 Å². The van der Waals surface area contributed by atoms with Crippen LogP contribution in [0.25, 0.3) is 0 Å². The van der Waals surface area contributed by atoms with Gasteiger partial charge in [0.05, 0.1) is 5.92 Å². The summed E-state index contributed by atoms with van der Waals surface area (Å²) >= 11 is 0. The molecule has 86 valence electrons. The zero-order valence-electron chi connectivity index (χ0n) is 9.12. The number of amides is 1. The SMILES string of the molecule is CC(CN(C)C(=O)c1cccnn1)C(=O)O. The van der Waals surface area contributed by atoms with Crippen molar-refractivity contribution in [1.82, 2.24) is 15.1 Å². The van der Waals surface area contributed by atoms with Gasteiger partial charge in [-0.2, -0.15) is 5.10 Å². The van der Waals surface area contributed by atoms with Gasteiger partial charge in [-0.3, -0.25) is 9.59 Å². The van der Waals surface area contributed by atoms with E-state index in [2.05, 4.69) is 10.2 Å². The molecule has 0 saturated heterocycles. The Morgan fingerprint density at radius 1 is 1.56 bits per heavy atom. The van der Waals surface area contributed by atoms with Crippen LogP contribution in [0.1, 0.15) is 17.4 Å². The summed E-state index contributed by atoms with van der Waals surface area (Å²) in [5.41, 5.74) is 0.211. The van der Waals surface area contributed by atoms with Crippen molar-refractivity contribution in [1.29, 1.82) is 0 Å². The van der Waals surface area contributed by atoms with Crippen LogP contribution in [-0.4, -0.2) is 45.7 Å². The number of carboxylic acids is 1. The summed E-state index contributed by atoms with van der Waals surface area (Å²) < 4.78 is 0. The van der Waals surface area contributed by atoms with E-state index in [-0.39, 0.29) is 18.1 Å². The highest BCUT2D eigenvalue weighted by Crippen LogP contribution is 2.03. The van der Waals surface area contributed by atoms with Crippen LogP contribution in [0, 0.1) is 5.92 Å². The molecule has 0 aromatic carbocycles. The fourth-order valence-electron chi connectivity index (χ4n) is 1.18. The predicted octanol–water partition coefficient (Wildman–Crippen LogP) is 0.269. The molecule has 1 N–H and O–H groups in total. The lowest BCUT2D eigenvalue weighted by Crippen LogP contribution is -2.34. The van der Waals surface area contributed by atoms with E-state index in [0.717, 1.165) is 0 Å². The van der Waals surface area contributed by atoms with Gasteiger partial charge in [0.15, 0.2) is 5.69 Å². The number of aromatic nitrogens is 2. The monoisotopic (exact) mass is 223 g/mol. The third-order valence-corrected chi connectivity index (χ3v) is 2.11. The smallest absolute Gasteiger partial charge is 0.308 e. The fourth-order valence-corrected chi connectivity index (χ4v) is 1.18. The van der Waals surface area contributed by atoms with Crippen LogP contribution in [0.15, 0.2) is 18.3 Å². The molecule has 0 fully saturated rings. The summed E-state index contributed by atoms with van der Waals surface area (Å²) in [5, 5.41) is 16.0. The topological polar surface area (TPSA) is 83.4 Å². The Kier molecular flexibility index (Phi) is 3.93. The number of carbonyl (C=O) groups is 2. The third-order valence-electron chi connectivity index (χ3n) is 2.11.